The Kier molecular flexibility index (Phi) is 4.11. The van der Waals surface area contributed by atoms with Crippen LogP contribution < -0.4 is 16.0 Å². The van der Waals surface area contributed by atoms with Crippen molar-refractivity contribution in [3.63, 3.8) is 0 Å². The quantitative estimate of drug-likeness (QED) is 0.581. The number of aryl methyl sites for hydroxylation is 1. The number of hydrogen-bond acceptors (Lipinski definition) is 6. The van der Waals surface area contributed by atoms with E-state index in [-0.39, 0.29) is 0 Å². The smallest absolute Gasteiger partial charge is 0.218 e. The number of hydrogen-bond donors (Lipinski definition) is 2. The molecule has 0 radical (unpaired) electrons. The van der Waals surface area contributed by atoms with Crippen molar-refractivity contribution in [3.8, 4) is 5.88 Å². The molecule has 1 aromatic rings. The van der Waals surface area contributed by atoms with Gasteiger partial charge in [-0.25, -0.2) is 10.8 Å². The lowest BCUT2D eigenvalue weighted by Gasteiger charge is -2.11. The van der Waals surface area contributed by atoms with E-state index in [4.69, 9.17) is 15.3 Å². The highest BCUT2D eigenvalue weighted by Gasteiger charge is 2.16. The first-order valence-corrected chi connectivity index (χ1v) is 5.87. The van der Waals surface area contributed by atoms with E-state index in [1.165, 1.54) is 0 Å². The van der Waals surface area contributed by atoms with Crippen molar-refractivity contribution in [3.05, 3.63) is 11.9 Å². The first-order chi connectivity index (χ1) is 8.31. The van der Waals surface area contributed by atoms with Crippen LogP contribution in [0.1, 0.15) is 19.2 Å². The van der Waals surface area contributed by atoms with E-state index in [0.29, 0.717) is 24.2 Å². The standard InChI is InChI=1S/C11H18N4O2/c1-2-9-13-10(15-12)5-11(14-9)17-7-8-3-4-16-6-8/h5,8H,2-4,6-7,12H2,1H3,(H,13,14,15). The van der Waals surface area contributed by atoms with E-state index in [2.05, 4.69) is 15.4 Å². The van der Waals surface area contributed by atoms with Crippen LogP contribution in [0.2, 0.25) is 0 Å². The predicted molar refractivity (Wildman–Crippen MR) is 63.6 cm³/mol. The van der Waals surface area contributed by atoms with E-state index >= 15 is 0 Å². The number of aromatic nitrogens is 2. The first-order valence-electron chi connectivity index (χ1n) is 5.87. The highest BCUT2D eigenvalue weighted by atomic mass is 16.5. The van der Waals surface area contributed by atoms with Crippen molar-refractivity contribution < 1.29 is 9.47 Å². The summed E-state index contributed by atoms with van der Waals surface area (Å²) >= 11 is 0. The summed E-state index contributed by atoms with van der Waals surface area (Å²) in [6, 6.07) is 1.70. The molecule has 0 amide bonds. The van der Waals surface area contributed by atoms with Gasteiger partial charge in [-0.2, -0.15) is 4.98 Å². The van der Waals surface area contributed by atoms with Crippen LogP contribution in [0.5, 0.6) is 5.88 Å². The molecular weight excluding hydrogens is 220 g/mol. The van der Waals surface area contributed by atoms with Gasteiger partial charge in [0.05, 0.1) is 13.2 Å². The van der Waals surface area contributed by atoms with E-state index in [0.717, 1.165) is 31.9 Å². The van der Waals surface area contributed by atoms with Crippen molar-refractivity contribution >= 4 is 5.82 Å². The summed E-state index contributed by atoms with van der Waals surface area (Å²) in [6.07, 6.45) is 1.80. The fourth-order valence-electron chi connectivity index (χ4n) is 1.70. The molecule has 1 aliphatic heterocycles. The zero-order chi connectivity index (χ0) is 12.1. The topological polar surface area (TPSA) is 82.3 Å². The summed E-state index contributed by atoms with van der Waals surface area (Å²) in [5.41, 5.74) is 2.51. The normalized spacial score (nSPS) is 19.3. The molecule has 1 fully saturated rings. The monoisotopic (exact) mass is 238 g/mol. The molecule has 0 aliphatic carbocycles. The molecule has 2 rings (SSSR count). The molecule has 3 N–H and O–H groups in total. The molecule has 6 nitrogen and oxygen atoms in total. The second-order valence-electron chi connectivity index (χ2n) is 4.05. The summed E-state index contributed by atoms with van der Waals surface area (Å²) < 4.78 is 10.9. The Hall–Kier alpha value is -1.40. The van der Waals surface area contributed by atoms with Crippen LogP contribution in [0, 0.1) is 5.92 Å². The lowest BCUT2D eigenvalue weighted by Crippen LogP contribution is -2.14. The zero-order valence-corrected chi connectivity index (χ0v) is 9.98. The maximum atomic E-state index is 5.65. The van der Waals surface area contributed by atoms with Gasteiger partial charge in [-0.1, -0.05) is 6.92 Å². The Morgan fingerprint density at radius 3 is 3.12 bits per heavy atom. The second-order valence-corrected chi connectivity index (χ2v) is 4.05. The van der Waals surface area contributed by atoms with Gasteiger partial charge in [0.15, 0.2) is 0 Å². The van der Waals surface area contributed by atoms with Gasteiger partial charge >= 0.3 is 0 Å². The fourth-order valence-corrected chi connectivity index (χ4v) is 1.70. The summed E-state index contributed by atoms with van der Waals surface area (Å²) in [6.45, 7) is 4.22. The predicted octanol–water partition coefficient (Wildman–Crippen LogP) is 0.740. The average Bonchev–Trinajstić information content (AvgIpc) is 2.89. The first kappa shape index (κ1) is 12.1. The zero-order valence-electron chi connectivity index (χ0n) is 9.98. The minimum absolute atomic E-state index is 0.462. The Labute approximate surface area is 101 Å². The lowest BCUT2D eigenvalue weighted by atomic mass is 10.1. The van der Waals surface area contributed by atoms with Crippen LogP contribution in [-0.2, 0) is 11.2 Å². The second kappa shape index (κ2) is 5.79. The van der Waals surface area contributed by atoms with E-state index < -0.39 is 0 Å². The molecule has 1 unspecified atom stereocenters. The van der Waals surface area contributed by atoms with E-state index in [1.807, 2.05) is 6.92 Å². The molecule has 2 heterocycles. The maximum absolute atomic E-state index is 5.65. The Bertz CT molecular complexity index is 344. The Morgan fingerprint density at radius 2 is 2.47 bits per heavy atom. The van der Waals surface area contributed by atoms with Crippen LogP contribution >= 0.6 is 0 Å². The van der Waals surface area contributed by atoms with Crippen LogP contribution in [0.25, 0.3) is 0 Å². The van der Waals surface area contributed by atoms with Gasteiger partial charge in [0.2, 0.25) is 5.88 Å². The third-order valence-corrected chi connectivity index (χ3v) is 2.70. The van der Waals surface area contributed by atoms with Crippen LogP contribution in [0.3, 0.4) is 0 Å². The minimum Gasteiger partial charge on any atom is -0.477 e. The average molecular weight is 238 g/mol. The molecule has 1 saturated heterocycles. The summed E-state index contributed by atoms with van der Waals surface area (Å²) in [5.74, 6) is 7.67. The van der Waals surface area contributed by atoms with Gasteiger partial charge in [-0.05, 0) is 6.42 Å². The van der Waals surface area contributed by atoms with Crippen LogP contribution in [-0.4, -0.2) is 29.8 Å². The van der Waals surface area contributed by atoms with Crippen LogP contribution in [0.4, 0.5) is 5.82 Å². The summed E-state index contributed by atoms with van der Waals surface area (Å²) in [4.78, 5) is 8.49. The highest BCUT2D eigenvalue weighted by Crippen LogP contribution is 2.17. The van der Waals surface area contributed by atoms with Gasteiger partial charge in [0, 0.05) is 25.0 Å². The number of rotatable bonds is 5. The molecule has 1 atom stereocenters. The number of anilines is 1. The Morgan fingerprint density at radius 1 is 1.59 bits per heavy atom. The highest BCUT2D eigenvalue weighted by molar-refractivity contribution is 5.36. The van der Waals surface area contributed by atoms with Crippen molar-refractivity contribution in [2.24, 2.45) is 11.8 Å². The number of nitrogen functional groups attached to an aromatic ring is 1. The van der Waals surface area contributed by atoms with Crippen molar-refractivity contribution in [2.75, 3.05) is 25.2 Å². The van der Waals surface area contributed by atoms with Crippen molar-refractivity contribution in [1.29, 1.82) is 0 Å². The SMILES string of the molecule is CCc1nc(NN)cc(OCC2CCOC2)n1. The van der Waals surface area contributed by atoms with Gasteiger partial charge in [-0.3, -0.25) is 0 Å². The minimum atomic E-state index is 0.462. The molecule has 94 valence electrons. The van der Waals surface area contributed by atoms with Gasteiger partial charge in [0.25, 0.3) is 0 Å². The van der Waals surface area contributed by atoms with Crippen molar-refractivity contribution in [2.45, 2.75) is 19.8 Å². The molecule has 0 aromatic carbocycles. The number of ether oxygens (including phenoxy) is 2. The molecule has 0 bridgehead atoms. The fraction of sp³-hybridized carbons (Fsp3) is 0.636. The largest absolute Gasteiger partial charge is 0.477 e. The summed E-state index contributed by atoms with van der Waals surface area (Å²) in [7, 11) is 0. The molecular formula is C11H18N4O2. The molecule has 6 heteroatoms. The van der Waals surface area contributed by atoms with Crippen LogP contribution in [0.15, 0.2) is 6.07 Å². The number of nitrogens with one attached hydrogen (secondary N) is 1. The van der Waals surface area contributed by atoms with E-state index in [1.54, 1.807) is 6.07 Å². The van der Waals surface area contributed by atoms with Crippen molar-refractivity contribution in [1.82, 2.24) is 9.97 Å². The number of nitrogens with two attached hydrogens (primary N) is 1. The van der Waals surface area contributed by atoms with Gasteiger partial charge < -0.3 is 14.9 Å². The Balaban J connectivity index is 1.98. The number of nitrogens with zero attached hydrogens (tertiary/aromatic N) is 2. The third kappa shape index (κ3) is 3.28. The van der Waals surface area contributed by atoms with Gasteiger partial charge in [-0.15, -0.1) is 0 Å². The third-order valence-electron chi connectivity index (χ3n) is 2.70. The van der Waals surface area contributed by atoms with Gasteiger partial charge in [0.1, 0.15) is 11.6 Å². The number of hydrazine groups is 1. The molecule has 0 spiro atoms. The summed E-state index contributed by atoms with van der Waals surface area (Å²) in [5, 5.41) is 0. The van der Waals surface area contributed by atoms with E-state index in [9.17, 15) is 0 Å². The molecule has 1 aromatic heterocycles. The lowest BCUT2D eigenvalue weighted by molar-refractivity contribution is 0.165. The molecule has 0 saturated carbocycles. The molecule has 17 heavy (non-hydrogen) atoms. The maximum Gasteiger partial charge on any atom is 0.218 e. The molecule has 1 aliphatic rings.